The van der Waals surface area contributed by atoms with E-state index in [1.165, 1.54) is 37.1 Å². The molecule has 4 radical (unpaired) electrons. The van der Waals surface area contributed by atoms with E-state index >= 15 is 0 Å². The molecule has 0 amide bonds. The zero-order chi connectivity index (χ0) is 16.7. The molecule has 2 aliphatic rings. The van der Waals surface area contributed by atoms with Gasteiger partial charge in [-0.3, -0.25) is 0 Å². The van der Waals surface area contributed by atoms with Crippen LogP contribution >= 0.6 is 0 Å². The van der Waals surface area contributed by atoms with Gasteiger partial charge in [-0.2, -0.15) is 0 Å². The molecule has 124 valence electrons. The summed E-state index contributed by atoms with van der Waals surface area (Å²) >= 11 is 0. The van der Waals surface area contributed by atoms with Crippen molar-refractivity contribution in [2.75, 3.05) is 27.2 Å². The van der Waals surface area contributed by atoms with Crippen LogP contribution in [0.25, 0.3) is 0 Å². The van der Waals surface area contributed by atoms with E-state index < -0.39 is 0 Å². The molecule has 2 aliphatic heterocycles. The van der Waals surface area contributed by atoms with E-state index in [9.17, 15) is 0 Å². The number of nitrogens with zero attached hydrogens (tertiary/aromatic N) is 6. The molecule has 0 unspecified atom stereocenters. The molecule has 0 aromatic heterocycles. The Hall–Kier alpha value is -1.46. The lowest BCUT2D eigenvalue weighted by Crippen LogP contribution is -2.16. The van der Waals surface area contributed by atoms with Crippen LogP contribution in [0.5, 0.6) is 0 Å². The average molecular weight is 318 g/mol. The van der Waals surface area contributed by atoms with Gasteiger partial charge in [-0.25, -0.2) is 0 Å². The van der Waals surface area contributed by atoms with E-state index in [1.807, 2.05) is 32.9 Å². The minimum atomic E-state index is 0.863. The highest BCUT2D eigenvalue weighted by Gasteiger charge is 2.36. The van der Waals surface area contributed by atoms with Crippen molar-refractivity contribution in [3.05, 3.63) is 13.1 Å². The Morgan fingerprint density at radius 1 is 0.739 bits per heavy atom. The van der Waals surface area contributed by atoms with Gasteiger partial charge >= 0.3 is 13.1 Å². The standard InChI is InChI=1S/C17H30N6/c1-5-7-10-16-14-22(18-20(16)3)12-9-13-23-15-17(11-8-6-2)21(4)19-23/h5-13H2,1-4H3/q+4. The molecule has 2 heterocycles. The summed E-state index contributed by atoms with van der Waals surface area (Å²) in [7, 11) is 4.00. The molecule has 0 atom stereocenters. The van der Waals surface area contributed by atoms with E-state index in [4.69, 9.17) is 0 Å². The fraction of sp³-hybridized carbons (Fsp3) is 0.765. The maximum atomic E-state index is 4.49. The summed E-state index contributed by atoms with van der Waals surface area (Å²) in [6, 6.07) is 0. The Morgan fingerprint density at radius 2 is 1.17 bits per heavy atom. The second-order valence-corrected chi connectivity index (χ2v) is 6.15. The van der Waals surface area contributed by atoms with E-state index in [0.29, 0.717) is 0 Å². The van der Waals surface area contributed by atoms with Crippen LogP contribution in [0, 0.1) is 13.1 Å². The van der Waals surface area contributed by atoms with Crippen LogP contribution in [0.4, 0.5) is 0 Å². The first-order chi connectivity index (χ1) is 11.1. The van der Waals surface area contributed by atoms with Crippen molar-refractivity contribution in [2.24, 2.45) is 10.4 Å². The van der Waals surface area contributed by atoms with Crippen LogP contribution in [0.1, 0.15) is 58.8 Å². The number of rotatable bonds is 10. The number of hydrogen-bond donors (Lipinski definition) is 0. The van der Waals surface area contributed by atoms with Crippen molar-refractivity contribution in [2.45, 2.75) is 58.8 Å². The Balaban J connectivity index is 1.68. The molecular formula is C17H30N6+4. The van der Waals surface area contributed by atoms with Crippen molar-refractivity contribution in [3.8, 4) is 0 Å². The van der Waals surface area contributed by atoms with Gasteiger partial charge in [-0.15, -0.1) is 0 Å². The van der Waals surface area contributed by atoms with E-state index in [1.54, 1.807) is 0 Å². The van der Waals surface area contributed by atoms with Crippen molar-refractivity contribution in [1.82, 2.24) is 0 Å². The van der Waals surface area contributed by atoms with E-state index in [2.05, 4.69) is 37.4 Å². The molecule has 6 nitrogen and oxygen atoms in total. The largest absolute Gasteiger partial charge is 0.440 e. The second-order valence-electron chi connectivity index (χ2n) is 6.15. The molecule has 2 rings (SSSR count). The normalized spacial score (nSPS) is 18.1. The first-order valence-electron chi connectivity index (χ1n) is 8.84. The van der Waals surface area contributed by atoms with Crippen LogP contribution in [-0.4, -0.2) is 57.4 Å². The van der Waals surface area contributed by atoms with Crippen molar-refractivity contribution in [3.63, 3.8) is 0 Å². The predicted octanol–water partition coefficient (Wildman–Crippen LogP) is 2.79. The second kappa shape index (κ2) is 8.99. The smallest absolute Gasteiger partial charge is 0.0654 e. The highest BCUT2D eigenvalue weighted by molar-refractivity contribution is 5.86. The molecule has 0 fully saturated rings. The van der Waals surface area contributed by atoms with Crippen molar-refractivity contribution >= 4 is 11.4 Å². The summed E-state index contributed by atoms with van der Waals surface area (Å²) < 4.78 is 7.73. The van der Waals surface area contributed by atoms with Gasteiger partial charge < -0.3 is 0 Å². The van der Waals surface area contributed by atoms with Gasteiger partial charge in [0.25, 0.3) is 21.9 Å². The highest BCUT2D eigenvalue weighted by atomic mass is 15.6. The van der Waals surface area contributed by atoms with Gasteiger partial charge in [0, 0.05) is 12.8 Å². The Morgan fingerprint density at radius 3 is 1.57 bits per heavy atom. The van der Waals surface area contributed by atoms with Gasteiger partial charge in [0.15, 0.2) is 27.2 Å². The molecule has 6 heteroatoms. The average Bonchev–Trinajstić information content (AvgIpc) is 3.06. The van der Waals surface area contributed by atoms with E-state index in [0.717, 1.165) is 32.4 Å². The summed E-state index contributed by atoms with van der Waals surface area (Å²) in [4.78, 5) is 0. The fourth-order valence-electron chi connectivity index (χ4n) is 2.61. The summed E-state index contributed by atoms with van der Waals surface area (Å²) in [5, 5.41) is 8.98. The Bertz CT molecular complexity index is 493. The lowest BCUT2D eigenvalue weighted by atomic mass is 10.1. The monoisotopic (exact) mass is 318 g/mol. The molecule has 0 saturated carbocycles. The lowest BCUT2D eigenvalue weighted by Gasteiger charge is -1.90. The SMILES string of the molecule is CCCCC1=[N+](C)N=[N+](CCC[N+]2=N[N+](C)=C(CCCC)[C]2)[C]1. The highest BCUT2D eigenvalue weighted by Crippen LogP contribution is 2.10. The maximum Gasteiger partial charge on any atom is 0.440 e. The van der Waals surface area contributed by atoms with Crippen LogP contribution in [0.3, 0.4) is 0 Å². The molecule has 0 N–H and O–H groups in total. The van der Waals surface area contributed by atoms with Gasteiger partial charge in [0.1, 0.15) is 0 Å². The fourth-order valence-corrected chi connectivity index (χ4v) is 2.61. The summed E-state index contributed by atoms with van der Waals surface area (Å²) in [6.45, 7) is 12.9. The lowest BCUT2D eigenvalue weighted by molar-refractivity contribution is -0.682. The summed E-state index contributed by atoms with van der Waals surface area (Å²) in [6.07, 6.45) is 7.87. The molecule has 0 aliphatic carbocycles. The summed E-state index contributed by atoms with van der Waals surface area (Å²) in [5.41, 5.74) is 2.37. The van der Waals surface area contributed by atoms with Gasteiger partial charge in [0.05, 0.1) is 6.42 Å². The minimum absolute atomic E-state index is 0.863. The van der Waals surface area contributed by atoms with Crippen molar-refractivity contribution < 1.29 is 18.8 Å². The Labute approximate surface area is 140 Å². The third-order valence-corrected chi connectivity index (χ3v) is 4.06. The quantitative estimate of drug-likeness (QED) is 0.556. The Kier molecular flexibility index (Phi) is 6.99. The van der Waals surface area contributed by atoms with Crippen LogP contribution in [0.15, 0.2) is 10.4 Å². The zero-order valence-electron chi connectivity index (χ0n) is 15.0. The molecule has 0 saturated heterocycles. The van der Waals surface area contributed by atoms with Gasteiger partial charge in [0.2, 0.25) is 0 Å². The van der Waals surface area contributed by atoms with Crippen LogP contribution in [0.2, 0.25) is 0 Å². The van der Waals surface area contributed by atoms with Crippen molar-refractivity contribution in [1.29, 1.82) is 0 Å². The van der Waals surface area contributed by atoms with Crippen LogP contribution in [-0.2, 0) is 0 Å². The molecule has 0 spiro atoms. The van der Waals surface area contributed by atoms with Gasteiger partial charge in [-0.05, 0) is 31.6 Å². The third-order valence-electron chi connectivity index (χ3n) is 4.06. The molecule has 0 aromatic carbocycles. The van der Waals surface area contributed by atoms with Crippen LogP contribution < -0.4 is 0 Å². The van der Waals surface area contributed by atoms with E-state index in [-0.39, 0.29) is 0 Å². The molecule has 23 heavy (non-hydrogen) atoms. The minimum Gasteiger partial charge on any atom is -0.0654 e. The summed E-state index contributed by atoms with van der Waals surface area (Å²) in [5.74, 6) is 0. The zero-order valence-corrected chi connectivity index (χ0v) is 15.0. The first-order valence-corrected chi connectivity index (χ1v) is 8.84. The van der Waals surface area contributed by atoms with Gasteiger partial charge in [-0.1, -0.05) is 26.7 Å². The maximum absolute atomic E-state index is 4.49. The first kappa shape index (κ1) is 17.9. The molecule has 0 bridgehead atoms. The topological polar surface area (TPSA) is 36.8 Å². The number of unbranched alkanes of at least 4 members (excludes halogenated alkanes) is 2. The predicted molar refractivity (Wildman–Crippen MR) is 87.6 cm³/mol. The third kappa shape index (κ3) is 5.29. The molecule has 0 aromatic rings. The molecular weight excluding hydrogens is 288 g/mol. The number of hydrogen-bond acceptors (Lipinski definition) is 2.